The van der Waals surface area contributed by atoms with Crippen LogP contribution in [0.1, 0.15) is 60.3 Å². The van der Waals surface area contributed by atoms with E-state index in [-0.39, 0.29) is 37.2 Å². The maximum absolute atomic E-state index is 13.6. The first-order valence-corrected chi connectivity index (χ1v) is 16.5. The van der Waals surface area contributed by atoms with Crippen LogP contribution < -0.4 is 15.5 Å². The molecule has 0 spiro atoms. The molecule has 3 N–H and O–H groups in total. The summed E-state index contributed by atoms with van der Waals surface area (Å²) in [5.41, 5.74) is 3.76. The number of likely N-dealkylation sites (tertiary alicyclic amines) is 1. The third kappa shape index (κ3) is 7.97. The number of carbonyl (C=O) groups excluding carboxylic acids is 3. The van der Waals surface area contributed by atoms with Gasteiger partial charge in [-0.3, -0.25) is 14.4 Å². The first-order valence-electron chi connectivity index (χ1n) is 16.5. The molecular weight excluding hydrogens is 599 g/mol. The van der Waals surface area contributed by atoms with Crippen LogP contribution in [0.3, 0.4) is 0 Å². The maximum Gasteiger partial charge on any atom is 0.270 e. The summed E-state index contributed by atoms with van der Waals surface area (Å²) < 4.78 is 13.5. The van der Waals surface area contributed by atoms with Crippen LogP contribution in [0.2, 0.25) is 0 Å². The van der Waals surface area contributed by atoms with E-state index in [0.29, 0.717) is 16.8 Å². The highest BCUT2D eigenvalue weighted by Gasteiger charge is 2.39. The minimum absolute atomic E-state index is 0.00391. The second-order valence-electron chi connectivity index (χ2n) is 13.1. The van der Waals surface area contributed by atoms with E-state index in [9.17, 15) is 23.9 Å². The van der Waals surface area contributed by atoms with Gasteiger partial charge in [-0.05, 0) is 93.2 Å². The number of halogens is 1. The number of fused-ring (bicyclic) bond motifs is 1. The van der Waals surface area contributed by atoms with Crippen LogP contribution >= 0.6 is 0 Å². The molecule has 1 aliphatic carbocycles. The Bertz CT molecular complexity index is 1680. The molecule has 1 aromatic heterocycles. The predicted octanol–water partition coefficient (Wildman–Crippen LogP) is 3.51. The Labute approximate surface area is 274 Å². The van der Waals surface area contributed by atoms with Crippen molar-refractivity contribution >= 4 is 40.4 Å². The molecule has 3 aromatic rings. The van der Waals surface area contributed by atoms with E-state index in [2.05, 4.69) is 62.8 Å². The number of anilines is 1. The van der Waals surface area contributed by atoms with Crippen LogP contribution in [0.4, 0.5) is 10.1 Å². The van der Waals surface area contributed by atoms with Gasteiger partial charge in [-0.2, -0.15) is 0 Å². The zero-order chi connectivity index (χ0) is 33.1. The summed E-state index contributed by atoms with van der Waals surface area (Å²) in [7, 11) is 2.16. The van der Waals surface area contributed by atoms with E-state index in [4.69, 9.17) is 0 Å². The largest absolute Gasteiger partial charge is 0.391 e. The smallest absolute Gasteiger partial charge is 0.270 e. The van der Waals surface area contributed by atoms with Crippen molar-refractivity contribution < 1.29 is 23.9 Å². The van der Waals surface area contributed by atoms with Gasteiger partial charge in [0.05, 0.1) is 24.2 Å². The number of nitrogens with one attached hydrogen (secondary N) is 2. The number of allylic oxidation sites excluding steroid dienone is 1. The van der Waals surface area contributed by atoms with Gasteiger partial charge in [-0.25, -0.2) is 9.37 Å². The van der Waals surface area contributed by atoms with Crippen LogP contribution in [0, 0.1) is 11.7 Å². The quantitative estimate of drug-likeness (QED) is 0.327. The number of carbonyl (C=O) groups is 3. The van der Waals surface area contributed by atoms with E-state index in [1.54, 1.807) is 6.07 Å². The van der Waals surface area contributed by atoms with E-state index >= 15 is 0 Å². The Morgan fingerprint density at radius 1 is 1.06 bits per heavy atom. The van der Waals surface area contributed by atoms with Gasteiger partial charge in [0.1, 0.15) is 17.6 Å². The number of aliphatic hydroxyl groups is 1. The third-order valence-corrected chi connectivity index (χ3v) is 9.34. The molecule has 3 fully saturated rings. The molecule has 0 unspecified atom stereocenters. The minimum atomic E-state index is -0.871. The summed E-state index contributed by atoms with van der Waals surface area (Å²) >= 11 is 0. The summed E-state index contributed by atoms with van der Waals surface area (Å²) in [5, 5.41) is 16.7. The van der Waals surface area contributed by atoms with Crippen LogP contribution in [0.15, 0.2) is 54.6 Å². The van der Waals surface area contributed by atoms with E-state index in [1.165, 1.54) is 47.7 Å². The first-order chi connectivity index (χ1) is 22.6. The van der Waals surface area contributed by atoms with Crippen molar-refractivity contribution in [3.63, 3.8) is 0 Å². The Hall–Kier alpha value is -4.35. The standard InChI is InChI=1S/C36H43FN6O4/c1-23(30-11-10-28(19-25(30)7-6-24-4-5-24)42-15-3-14-41(2)16-17-42)39-36(47)33-20-29(44)22-43(33)34(45)21-38-35(46)32-12-8-26-18-27(37)9-13-31(26)40-32/h6-13,18-19,23-24,29,33,44H,3-5,14-17,20-22H2,1-2H3,(H,38,46)(H,39,47)/b7-6+/t23-,29+,33-/m0/s1. The van der Waals surface area contributed by atoms with Crippen LogP contribution in [-0.2, 0) is 9.59 Å². The lowest BCUT2D eigenvalue weighted by Crippen LogP contribution is -2.49. The number of β-amino-alcohol motifs (C(OH)–C–C–N with tert-alkyl or cyclic N) is 1. The number of amides is 3. The van der Waals surface area contributed by atoms with Crippen molar-refractivity contribution in [3.05, 3.63) is 77.2 Å². The normalized spacial score (nSPS) is 21.2. The number of hydrogen-bond acceptors (Lipinski definition) is 7. The number of benzene rings is 2. The van der Waals surface area contributed by atoms with Gasteiger partial charge in [-0.15, -0.1) is 0 Å². The number of aromatic nitrogens is 1. The van der Waals surface area contributed by atoms with E-state index < -0.39 is 29.8 Å². The van der Waals surface area contributed by atoms with Crippen LogP contribution in [-0.4, -0.2) is 96.1 Å². The van der Waals surface area contributed by atoms with Gasteiger partial charge >= 0.3 is 0 Å². The zero-order valence-corrected chi connectivity index (χ0v) is 27.0. The average Bonchev–Trinajstić information content (AvgIpc) is 3.85. The van der Waals surface area contributed by atoms with E-state index in [1.807, 2.05) is 6.92 Å². The Balaban J connectivity index is 1.11. The zero-order valence-electron chi connectivity index (χ0n) is 27.0. The highest BCUT2D eigenvalue weighted by atomic mass is 19.1. The van der Waals surface area contributed by atoms with Gasteiger partial charge in [-0.1, -0.05) is 24.3 Å². The van der Waals surface area contributed by atoms with Gasteiger partial charge in [0.25, 0.3) is 5.91 Å². The lowest BCUT2D eigenvalue weighted by atomic mass is 9.98. The molecule has 3 amide bonds. The Morgan fingerprint density at radius 3 is 2.70 bits per heavy atom. The molecule has 2 aromatic carbocycles. The van der Waals surface area contributed by atoms with Gasteiger partial charge in [0, 0.05) is 43.7 Å². The van der Waals surface area contributed by atoms with Gasteiger partial charge in [0.2, 0.25) is 11.8 Å². The summed E-state index contributed by atoms with van der Waals surface area (Å²) in [6, 6.07) is 12.3. The molecule has 3 aliphatic rings. The fourth-order valence-corrected chi connectivity index (χ4v) is 6.43. The van der Waals surface area contributed by atoms with Crippen molar-refractivity contribution in [2.75, 3.05) is 51.2 Å². The number of nitrogens with zero attached hydrogens (tertiary/aromatic N) is 4. The van der Waals surface area contributed by atoms with Crippen molar-refractivity contribution in [2.45, 2.75) is 50.8 Å². The molecule has 3 heterocycles. The molecule has 248 valence electrons. The van der Waals surface area contributed by atoms with Crippen LogP contribution in [0.25, 0.3) is 17.0 Å². The number of likely N-dealkylation sites (N-methyl/N-ethyl adjacent to an activating group) is 1. The number of aliphatic hydroxyl groups excluding tert-OH is 1. The van der Waals surface area contributed by atoms with Crippen molar-refractivity contribution in [3.8, 4) is 0 Å². The SMILES string of the molecule is C[C@H](NC(=O)[C@@H]1C[C@@H](O)CN1C(=O)CNC(=O)c1ccc2cc(F)ccc2n1)c1ccc(N2CCCN(C)CC2)cc1/C=C/C1CC1. The molecule has 0 bridgehead atoms. The molecule has 2 saturated heterocycles. The molecule has 2 aliphatic heterocycles. The second kappa shape index (κ2) is 14.2. The molecule has 0 radical (unpaired) electrons. The van der Waals surface area contributed by atoms with Crippen molar-refractivity contribution in [1.29, 1.82) is 0 Å². The summed E-state index contributed by atoms with van der Waals surface area (Å²) in [4.78, 5) is 50.0. The number of pyridine rings is 1. The van der Waals surface area contributed by atoms with Crippen molar-refractivity contribution in [1.82, 2.24) is 25.4 Å². The summed E-state index contributed by atoms with van der Waals surface area (Å²) in [6.45, 7) is 5.62. The molecule has 10 nitrogen and oxygen atoms in total. The molecule has 47 heavy (non-hydrogen) atoms. The number of rotatable bonds is 9. The fourth-order valence-electron chi connectivity index (χ4n) is 6.43. The molecule has 1 saturated carbocycles. The lowest BCUT2D eigenvalue weighted by molar-refractivity contribution is -0.138. The highest BCUT2D eigenvalue weighted by Crippen LogP contribution is 2.33. The number of hydrogen-bond donors (Lipinski definition) is 3. The monoisotopic (exact) mass is 642 g/mol. The molecule has 11 heteroatoms. The summed E-state index contributed by atoms with van der Waals surface area (Å²) in [5.74, 6) is -1.20. The summed E-state index contributed by atoms with van der Waals surface area (Å²) in [6.07, 6.45) is 7.18. The fraction of sp³-hybridized carbons (Fsp3) is 0.444. The Morgan fingerprint density at radius 2 is 1.89 bits per heavy atom. The predicted molar refractivity (Wildman–Crippen MR) is 179 cm³/mol. The van der Waals surface area contributed by atoms with E-state index in [0.717, 1.165) is 43.7 Å². The molecule has 3 atom stereocenters. The van der Waals surface area contributed by atoms with Crippen molar-refractivity contribution in [2.24, 2.45) is 5.92 Å². The molecular formula is C36H43FN6O4. The van der Waals surface area contributed by atoms with Crippen LogP contribution in [0.5, 0.6) is 0 Å². The first kappa shape index (κ1) is 32.6. The molecule has 6 rings (SSSR count). The highest BCUT2D eigenvalue weighted by molar-refractivity contribution is 5.97. The Kier molecular flexibility index (Phi) is 9.84. The van der Waals surface area contributed by atoms with Gasteiger partial charge < -0.3 is 30.4 Å². The minimum Gasteiger partial charge on any atom is -0.391 e. The lowest BCUT2D eigenvalue weighted by Gasteiger charge is -2.27. The third-order valence-electron chi connectivity index (χ3n) is 9.34. The second-order valence-corrected chi connectivity index (χ2v) is 13.1. The topological polar surface area (TPSA) is 118 Å². The van der Waals surface area contributed by atoms with Gasteiger partial charge in [0.15, 0.2) is 0 Å². The average molecular weight is 643 g/mol. The maximum atomic E-state index is 13.6.